The molecule has 1 heterocycles. The molecular formula is C16H14ClN3S. The van der Waals surface area contributed by atoms with E-state index in [0.717, 1.165) is 29.6 Å². The molecule has 3 nitrogen and oxygen atoms in total. The molecule has 0 saturated heterocycles. The lowest BCUT2D eigenvalue weighted by Crippen LogP contribution is -2.17. The number of nitrogens with one attached hydrogen (secondary N) is 1. The van der Waals surface area contributed by atoms with Crippen molar-refractivity contribution in [2.75, 3.05) is 5.32 Å². The van der Waals surface area contributed by atoms with Crippen LogP contribution in [0.3, 0.4) is 0 Å². The Bertz CT molecular complexity index is 799. The van der Waals surface area contributed by atoms with Crippen LogP contribution in [0, 0.1) is 0 Å². The summed E-state index contributed by atoms with van der Waals surface area (Å²) in [6.07, 6.45) is 3.46. The van der Waals surface area contributed by atoms with Gasteiger partial charge in [0.05, 0.1) is 28.5 Å². The number of nitrogens with zero attached hydrogens (tertiary/aromatic N) is 2. The highest BCUT2D eigenvalue weighted by Crippen LogP contribution is 2.37. The van der Waals surface area contributed by atoms with E-state index in [2.05, 4.69) is 38.3 Å². The average Bonchev–Trinajstić information content (AvgIpc) is 2.99. The van der Waals surface area contributed by atoms with Crippen LogP contribution in [0.2, 0.25) is 5.02 Å². The third-order valence-corrected chi connectivity index (χ3v) is 4.92. The molecule has 2 aromatic carbocycles. The first kappa shape index (κ1) is 13.0. The van der Waals surface area contributed by atoms with Crippen LogP contribution in [0.15, 0.2) is 36.4 Å². The summed E-state index contributed by atoms with van der Waals surface area (Å²) in [6.45, 7) is 0. The van der Waals surface area contributed by atoms with Crippen LogP contribution < -0.4 is 5.32 Å². The second kappa shape index (κ2) is 5.28. The minimum atomic E-state index is 0.291. The molecule has 0 aliphatic heterocycles. The summed E-state index contributed by atoms with van der Waals surface area (Å²) in [4.78, 5) is 0. The van der Waals surface area contributed by atoms with Crippen LogP contribution in [-0.4, -0.2) is 8.75 Å². The summed E-state index contributed by atoms with van der Waals surface area (Å²) in [5, 5.41) is 4.31. The second-order valence-corrected chi connectivity index (χ2v) is 6.28. The highest BCUT2D eigenvalue weighted by molar-refractivity contribution is 7.00. The van der Waals surface area contributed by atoms with Gasteiger partial charge in [0.2, 0.25) is 0 Å². The number of fused-ring (bicyclic) bond motifs is 2. The van der Waals surface area contributed by atoms with E-state index in [9.17, 15) is 0 Å². The molecule has 0 spiro atoms. The van der Waals surface area contributed by atoms with E-state index in [1.165, 1.54) is 29.3 Å². The number of halogens is 1. The number of aryl methyl sites for hydroxylation is 1. The number of hydrogen-bond acceptors (Lipinski definition) is 4. The number of aromatic nitrogens is 2. The predicted octanol–water partition coefficient (Wildman–Crippen LogP) is 4.83. The number of hydrogen-bond donors (Lipinski definition) is 1. The van der Waals surface area contributed by atoms with Gasteiger partial charge < -0.3 is 5.32 Å². The first-order valence-electron chi connectivity index (χ1n) is 7.08. The summed E-state index contributed by atoms with van der Waals surface area (Å²) in [5.74, 6) is 0. The highest BCUT2D eigenvalue weighted by atomic mass is 35.5. The molecule has 1 N–H and O–H groups in total. The fourth-order valence-electron chi connectivity index (χ4n) is 3.04. The van der Waals surface area contributed by atoms with Crippen LogP contribution >= 0.6 is 23.3 Å². The number of rotatable bonds is 2. The van der Waals surface area contributed by atoms with Gasteiger partial charge in [-0.25, -0.2) is 0 Å². The zero-order chi connectivity index (χ0) is 14.2. The first-order chi connectivity index (χ1) is 10.3. The smallest absolute Gasteiger partial charge is 0.129 e. The van der Waals surface area contributed by atoms with Gasteiger partial charge in [0, 0.05) is 0 Å². The Morgan fingerprint density at radius 3 is 3.00 bits per heavy atom. The second-order valence-electron chi connectivity index (χ2n) is 5.34. The van der Waals surface area contributed by atoms with Crippen molar-refractivity contribution in [1.82, 2.24) is 8.75 Å². The molecule has 0 saturated carbocycles. The maximum absolute atomic E-state index is 6.38. The molecule has 1 aliphatic rings. The molecule has 106 valence electrons. The lowest BCUT2D eigenvalue weighted by molar-refractivity contribution is 0.601. The van der Waals surface area contributed by atoms with Crippen molar-refractivity contribution >= 4 is 40.0 Å². The van der Waals surface area contributed by atoms with Crippen molar-refractivity contribution in [2.45, 2.75) is 25.3 Å². The minimum Gasteiger partial charge on any atom is -0.375 e. The first-order valence-corrected chi connectivity index (χ1v) is 8.19. The molecule has 1 aliphatic carbocycles. The van der Waals surface area contributed by atoms with Crippen molar-refractivity contribution in [3.8, 4) is 0 Å². The SMILES string of the molecule is Clc1ccc2nsnc2c1NC1CCCc2ccccc21. The van der Waals surface area contributed by atoms with E-state index >= 15 is 0 Å². The Balaban J connectivity index is 1.76. The van der Waals surface area contributed by atoms with Gasteiger partial charge in [0.25, 0.3) is 0 Å². The van der Waals surface area contributed by atoms with E-state index in [1.807, 2.05) is 12.1 Å². The lowest BCUT2D eigenvalue weighted by Gasteiger charge is -2.27. The van der Waals surface area contributed by atoms with E-state index in [0.29, 0.717) is 11.1 Å². The molecule has 0 fully saturated rings. The van der Waals surface area contributed by atoms with E-state index in [1.54, 1.807) is 0 Å². The molecule has 1 aromatic heterocycles. The highest BCUT2D eigenvalue weighted by Gasteiger charge is 2.21. The van der Waals surface area contributed by atoms with Gasteiger partial charge in [-0.15, -0.1) is 0 Å². The maximum Gasteiger partial charge on any atom is 0.129 e. The standard InChI is InChI=1S/C16H14ClN3S/c17-12-8-9-14-16(20-21-19-14)15(12)18-13-7-3-5-10-4-1-2-6-11(10)13/h1-2,4,6,8-9,13,18H,3,5,7H2. The topological polar surface area (TPSA) is 37.8 Å². The van der Waals surface area contributed by atoms with Gasteiger partial charge in [-0.1, -0.05) is 35.9 Å². The Morgan fingerprint density at radius 1 is 1.14 bits per heavy atom. The van der Waals surface area contributed by atoms with Gasteiger partial charge in [-0.3, -0.25) is 0 Å². The Kier molecular flexibility index (Phi) is 3.28. The van der Waals surface area contributed by atoms with E-state index in [4.69, 9.17) is 11.6 Å². The summed E-state index contributed by atoms with van der Waals surface area (Å²) >= 11 is 7.61. The van der Waals surface area contributed by atoms with Crippen LogP contribution in [0.4, 0.5) is 5.69 Å². The molecule has 0 amide bonds. The third-order valence-electron chi connectivity index (χ3n) is 4.07. The molecule has 5 heteroatoms. The van der Waals surface area contributed by atoms with Crippen molar-refractivity contribution in [2.24, 2.45) is 0 Å². The van der Waals surface area contributed by atoms with Crippen molar-refractivity contribution in [1.29, 1.82) is 0 Å². The van der Waals surface area contributed by atoms with E-state index < -0.39 is 0 Å². The van der Waals surface area contributed by atoms with Crippen molar-refractivity contribution < 1.29 is 0 Å². The van der Waals surface area contributed by atoms with E-state index in [-0.39, 0.29) is 0 Å². The molecule has 0 radical (unpaired) electrons. The van der Waals surface area contributed by atoms with Gasteiger partial charge in [-0.2, -0.15) is 8.75 Å². The molecule has 3 aromatic rings. The van der Waals surface area contributed by atoms with Crippen LogP contribution in [-0.2, 0) is 6.42 Å². The molecule has 1 unspecified atom stereocenters. The summed E-state index contributed by atoms with van der Waals surface area (Å²) < 4.78 is 8.67. The molecular weight excluding hydrogens is 302 g/mol. The van der Waals surface area contributed by atoms with Gasteiger partial charge in [-0.05, 0) is 42.5 Å². The Hall–Kier alpha value is -1.65. The molecule has 4 rings (SSSR count). The zero-order valence-corrected chi connectivity index (χ0v) is 12.9. The number of anilines is 1. The molecule has 0 bridgehead atoms. The average molecular weight is 316 g/mol. The van der Waals surface area contributed by atoms with Gasteiger partial charge in [0.15, 0.2) is 0 Å². The predicted molar refractivity (Wildman–Crippen MR) is 88.2 cm³/mol. The molecule has 1 atom stereocenters. The Morgan fingerprint density at radius 2 is 2.05 bits per heavy atom. The summed E-state index contributed by atoms with van der Waals surface area (Å²) in [7, 11) is 0. The van der Waals surface area contributed by atoms with Crippen LogP contribution in [0.1, 0.15) is 30.0 Å². The van der Waals surface area contributed by atoms with Crippen LogP contribution in [0.25, 0.3) is 11.0 Å². The zero-order valence-electron chi connectivity index (χ0n) is 11.3. The van der Waals surface area contributed by atoms with Crippen molar-refractivity contribution in [3.63, 3.8) is 0 Å². The quantitative estimate of drug-likeness (QED) is 0.735. The monoisotopic (exact) mass is 315 g/mol. The molecule has 21 heavy (non-hydrogen) atoms. The Labute approximate surface area is 132 Å². The normalized spacial score (nSPS) is 17.7. The summed E-state index contributed by atoms with van der Waals surface area (Å²) in [6, 6.07) is 12.7. The summed E-state index contributed by atoms with van der Waals surface area (Å²) in [5.41, 5.74) is 5.48. The maximum atomic E-state index is 6.38. The largest absolute Gasteiger partial charge is 0.375 e. The fourth-order valence-corrected chi connectivity index (χ4v) is 3.79. The van der Waals surface area contributed by atoms with Crippen molar-refractivity contribution in [3.05, 3.63) is 52.5 Å². The van der Waals surface area contributed by atoms with Gasteiger partial charge in [0.1, 0.15) is 11.0 Å². The van der Waals surface area contributed by atoms with Gasteiger partial charge >= 0.3 is 0 Å². The lowest BCUT2D eigenvalue weighted by atomic mass is 9.87. The van der Waals surface area contributed by atoms with Crippen LogP contribution in [0.5, 0.6) is 0 Å². The third kappa shape index (κ3) is 2.28. The fraction of sp³-hybridized carbons (Fsp3) is 0.250. The number of benzene rings is 2. The minimum absolute atomic E-state index is 0.291.